The zero-order valence-corrected chi connectivity index (χ0v) is 10.0. The van der Waals surface area contributed by atoms with E-state index in [2.05, 4.69) is 0 Å². The second kappa shape index (κ2) is 5.25. The normalized spacial score (nSPS) is 11.1. The van der Waals surface area contributed by atoms with Gasteiger partial charge < -0.3 is 4.90 Å². The van der Waals surface area contributed by atoms with E-state index in [0.29, 0.717) is 5.56 Å². The van der Waals surface area contributed by atoms with Crippen molar-refractivity contribution in [2.75, 3.05) is 19.0 Å². The van der Waals surface area contributed by atoms with E-state index in [1.54, 1.807) is 12.1 Å². The molecule has 90 valence electrons. The van der Waals surface area contributed by atoms with Gasteiger partial charge in [-0.05, 0) is 17.7 Å². The minimum Gasteiger partial charge on any atom is -0.378 e. The maximum absolute atomic E-state index is 11.0. The lowest BCUT2D eigenvalue weighted by Gasteiger charge is -2.11. The van der Waals surface area contributed by atoms with Crippen LogP contribution in [-0.4, -0.2) is 24.8 Å². The molecule has 0 radical (unpaired) electrons. The Hall–Kier alpha value is -2.17. The molecule has 0 saturated heterocycles. The fraction of sp³-hybridized carbons (Fsp3) is 0.250. The molecule has 0 aliphatic rings. The number of carbonyl (C=O) groups is 1. The highest BCUT2D eigenvalue weighted by Crippen LogP contribution is 2.15. The molecule has 1 aromatic rings. The molecule has 5 nitrogen and oxygen atoms in total. The van der Waals surface area contributed by atoms with Crippen molar-refractivity contribution in [2.45, 2.75) is 6.92 Å². The lowest BCUT2D eigenvalue weighted by atomic mass is 10.1. The summed E-state index contributed by atoms with van der Waals surface area (Å²) in [6.07, 6.45) is 1.28. The summed E-state index contributed by atoms with van der Waals surface area (Å²) in [5, 5.41) is 10.6. The Morgan fingerprint density at radius 3 is 2.18 bits per heavy atom. The number of nitro groups is 1. The molecular weight excluding hydrogens is 220 g/mol. The molecule has 17 heavy (non-hydrogen) atoms. The average molecular weight is 234 g/mol. The van der Waals surface area contributed by atoms with Crippen LogP contribution in [0.3, 0.4) is 0 Å². The van der Waals surface area contributed by atoms with Crippen LogP contribution < -0.4 is 4.90 Å². The fourth-order valence-electron chi connectivity index (χ4n) is 1.31. The van der Waals surface area contributed by atoms with Gasteiger partial charge in [0, 0.05) is 32.8 Å². The molecule has 0 N–H and O–H groups in total. The highest BCUT2D eigenvalue weighted by molar-refractivity contribution is 5.95. The molecule has 0 bridgehead atoms. The first-order valence-corrected chi connectivity index (χ1v) is 5.06. The number of rotatable bonds is 4. The minimum absolute atomic E-state index is 0.400. The number of ketones is 1. The van der Waals surface area contributed by atoms with E-state index in [4.69, 9.17) is 0 Å². The van der Waals surface area contributed by atoms with E-state index in [9.17, 15) is 14.9 Å². The van der Waals surface area contributed by atoms with Crippen molar-refractivity contribution < 1.29 is 9.72 Å². The van der Waals surface area contributed by atoms with Gasteiger partial charge in [-0.1, -0.05) is 12.1 Å². The van der Waals surface area contributed by atoms with E-state index in [1.807, 2.05) is 31.1 Å². The minimum atomic E-state index is -0.664. The molecule has 0 aliphatic carbocycles. The molecule has 0 atom stereocenters. The van der Waals surface area contributed by atoms with E-state index >= 15 is 0 Å². The van der Waals surface area contributed by atoms with Crippen LogP contribution in [-0.2, 0) is 4.79 Å². The third-order valence-electron chi connectivity index (χ3n) is 2.27. The Morgan fingerprint density at radius 2 is 1.82 bits per heavy atom. The summed E-state index contributed by atoms with van der Waals surface area (Å²) in [4.78, 5) is 22.9. The van der Waals surface area contributed by atoms with Crippen molar-refractivity contribution in [1.29, 1.82) is 0 Å². The van der Waals surface area contributed by atoms with Crippen molar-refractivity contribution in [3.8, 4) is 0 Å². The lowest BCUT2D eigenvalue weighted by molar-refractivity contribution is -0.417. The van der Waals surface area contributed by atoms with Crippen molar-refractivity contribution in [1.82, 2.24) is 0 Å². The number of carbonyl (C=O) groups excluding carboxylic acids is 1. The zero-order chi connectivity index (χ0) is 13.0. The summed E-state index contributed by atoms with van der Waals surface area (Å²) in [6.45, 7) is 1.18. The Morgan fingerprint density at radius 1 is 1.29 bits per heavy atom. The van der Waals surface area contributed by atoms with Gasteiger partial charge in [0.2, 0.25) is 5.78 Å². The number of hydrogen-bond donors (Lipinski definition) is 0. The van der Waals surface area contributed by atoms with Gasteiger partial charge in [-0.2, -0.15) is 0 Å². The monoisotopic (exact) mass is 234 g/mol. The first-order valence-electron chi connectivity index (χ1n) is 5.06. The largest absolute Gasteiger partial charge is 0.378 e. The molecule has 0 amide bonds. The van der Waals surface area contributed by atoms with Crippen LogP contribution >= 0.6 is 0 Å². The van der Waals surface area contributed by atoms with Crippen LogP contribution in [0.25, 0.3) is 6.08 Å². The van der Waals surface area contributed by atoms with Gasteiger partial charge in [0.15, 0.2) is 0 Å². The molecule has 5 heteroatoms. The Balaban J connectivity index is 3.05. The molecular formula is C12H14N2O3. The maximum atomic E-state index is 11.0. The van der Waals surface area contributed by atoms with Crippen LogP contribution in [0.2, 0.25) is 0 Å². The smallest absolute Gasteiger partial charge is 0.312 e. The predicted octanol–water partition coefficient (Wildman–Crippen LogP) is 1.96. The topological polar surface area (TPSA) is 63.5 Å². The number of Topliss-reactive ketones (excluding diaryl/α,β-unsaturated/α-hetero) is 1. The van der Waals surface area contributed by atoms with Gasteiger partial charge in [-0.25, -0.2) is 0 Å². The summed E-state index contributed by atoms with van der Waals surface area (Å²) >= 11 is 0. The molecule has 1 rings (SSSR count). The van der Waals surface area contributed by atoms with Crippen molar-refractivity contribution in [3.05, 3.63) is 45.6 Å². The van der Waals surface area contributed by atoms with Gasteiger partial charge in [-0.3, -0.25) is 14.9 Å². The number of allylic oxidation sites excluding steroid dienone is 1. The average Bonchev–Trinajstić information content (AvgIpc) is 2.25. The van der Waals surface area contributed by atoms with Gasteiger partial charge in [0.25, 0.3) is 0 Å². The Labute approximate surface area is 99.5 Å². The third kappa shape index (κ3) is 3.41. The van der Waals surface area contributed by atoms with E-state index in [-0.39, 0.29) is 0 Å². The van der Waals surface area contributed by atoms with Crippen molar-refractivity contribution >= 4 is 17.5 Å². The van der Waals surface area contributed by atoms with E-state index in [0.717, 1.165) is 5.69 Å². The molecule has 0 aromatic heterocycles. The summed E-state index contributed by atoms with van der Waals surface area (Å²) in [5.41, 5.74) is 1.23. The van der Waals surface area contributed by atoms with Crippen LogP contribution in [0, 0.1) is 10.1 Å². The molecule has 0 unspecified atom stereocenters. The fourth-order valence-corrected chi connectivity index (χ4v) is 1.31. The standard InChI is InChI=1S/C12H14N2O3/c1-9(15)12(14(16)17)8-10-4-6-11(7-5-10)13(2)3/h4-8H,1-3H3. The SMILES string of the molecule is CC(=O)C(=Cc1ccc(N(C)C)cc1)[N+](=O)[O-]. The number of nitrogens with zero attached hydrogens (tertiary/aromatic N) is 2. The maximum Gasteiger partial charge on any atom is 0.312 e. The first-order chi connectivity index (χ1) is 7.91. The van der Waals surface area contributed by atoms with Crippen LogP contribution in [0.15, 0.2) is 30.0 Å². The second-order valence-electron chi connectivity index (χ2n) is 3.83. The number of hydrogen-bond acceptors (Lipinski definition) is 4. The van der Waals surface area contributed by atoms with Gasteiger partial charge in [0.1, 0.15) is 0 Å². The van der Waals surface area contributed by atoms with Crippen LogP contribution in [0.5, 0.6) is 0 Å². The molecule has 0 saturated carbocycles. The third-order valence-corrected chi connectivity index (χ3v) is 2.27. The van der Waals surface area contributed by atoms with Crippen LogP contribution in [0.1, 0.15) is 12.5 Å². The lowest BCUT2D eigenvalue weighted by Crippen LogP contribution is -2.08. The van der Waals surface area contributed by atoms with Gasteiger partial charge >= 0.3 is 5.70 Å². The first kappa shape index (κ1) is 12.9. The predicted molar refractivity (Wildman–Crippen MR) is 66.4 cm³/mol. The molecule has 1 aromatic carbocycles. The van der Waals surface area contributed by atoms with Gasteiger partial charge in [0.05, 0.1) is 4.92 Å². The van der Waals surface area contributed by atoms with Crippen molar-refractivity contribution in [3.63, 3.8) is 0 Å². The summed E-state index contributed by atoms with van der Waals surface area (Å²) < 4.78 is 0. The summed E-state index contributed by atoms with van der Waals surface area (Å²) in [6, 6.07) is 7.15. The van der Waals surface area contributed by atoms with Gasteiger partial charge in [-0.15, -0.1) is 0 Å². The summed E-state index contributed by atoms with van der Waals surface area (Å²) in [7, 11) is 3.81. The molecule has 0 aliphatic heterocycles. The zero-order valence-electron chi connectivity index (χ0n) is 10.0. The Kier molecular flexibility index (Phi) is 3.98. The van der Waals surface area contributed by atoms with Crippen LogP contribution in [0.4, 0.5) is 5.69 Å². The molecule has 0 fully saturated rings. The Bertz CT molecular complexity index is 445. The highest BCUT2D eigenvalue weighted by Gasteiger charge is 2.16. The number of anilines is 1. The summed E-state index contributed by atoms with van der Waals surface area (Å²) in [5.74, 6) is -0.549. The van der Waals surface area contributed by atoms with E-state index in [1.165, 1.54) is 13.0 Å². The molecule has 0 heterocycles. The molecule has 0 spiro atoms. The van der Waals surface area contributed by atoms with Crippen molar-refractivity contribution in [2.24, 2.45) is 0 Å². The quantitative estimate of drug-likeness (QED) is 0.454. The number of benzene rings is 1. The van der Waals surface area contributed by atoms with E-state index < -0.39 is 16.4 Å². The highest BCUT2D eigenvalue weighted by atomic mass is 16.6. The second-order valence-corrected chi connectivity index (χ2v) is 3.83.